The van der Waals surface area contributed by atoms with Crippen LogP contribution in [0, 0.1) is 0 Å². The Labute approximate surface area is 138 Å². The van der Waals surface area contributed by atoms with Crippen LogP contribution in [0.4, 0.5) is 0 Å². The van der Waals surface area contributed by atoms with E-state index >= 15 is 0 Å². The van der Waals surface area contributed by atoms with Crippen LogP contribution in [0.1, 0.15) is 17.4 Å². The summed E-state index contributed by atoms with van der Waals surface area (Å²) in [4.78, 5) is 18.3. The largest absolute Gasteiger partial charge is 0.506 e. The Morgan fingerprint density at radius 1 is 1.25 bits per heavy atom. The Hall–Kier alpha value is -2.86. The van der Waals surface area contributed by atoms with Crippen LogP contribution < -0.4 is 5.63 Å². The van der Waals surface area contributed by atoms with Gasteiger partial charge in [-0.25, -0.2) is 4.79 Å². The molecule has 0 aliphatic rings. The van der Waals surface area contributed by atoms with Gasteiger partial charge >= 0.3 is 5.63 Å². The van der Waals surface area contributed by atoms with Crippen molar-refractivity contribution in [2.24, 2.45) is 4.99 Å². The van der Waals surface area contributed by atoms with Crippen molar-refractivity contribution in [3.63, 3.8) is 0 Å². The van der Waals surface area contributed by atoms with Gasteiger partial charge in [-0.1, -0.05) is 12.1 Å². The van der Waals surface area contributed by atoms with Crippen LogP contribution in [0.3, 0.4) is 0 Å². The fourth-order valence-corrected chi connectivity index (χ4v) is 2.49. The first-order valence-electron chi connectivity index (χ1n) is 7.52. The molecule has 124 valence electrons. The van der Waals surface area contributed by atoms with Crippen LogP contribution in [0.25, 0.3) is 11.0 Å². The zero-order chi connectivity index (χ0) is 17.1. The van der Waals surface area contributed by atoms with Crippen molar-refractivity contribution in [2.45, 2.75) is 6.04 Å². The summed E-state index contributed by atoms with van der Waals surface area (Å²) in [5.74, 6) is 0.664. The monoisotopic (exact) mass is 326 g/mol. The summed E-state index contributed by atoms with van der Waals surface area (Å²) in [5.41, 5.74) is -0.223. The van der Waals surface area contributed by atoms with Gasteiger partial charge in [-0.3, -0.25) is 9.89 Å². The molecule has 6 nitrogen and oxygen atoms in total. The fourth-order valence-electron chi connectivity index (χ4n) is 2.49. The Bertz CT molecular complexity index is 910. The number of fused-ring (bicyclic) bond motifs is 1. The third kappa shape index (κ3) is 3.09. The number of benzene rings is 1. The van der Waals surface area contributed by atoms with Gasteiger partial charge < -0.3 is 13.9 Å². The van der Waals surface area contributed by atoms with Crippen LogP contribution in [0.2, 0.25) is 0 Å². The first-order valence-corrected chi connectivity index (χ1v) is 7.52. The molecule has 0 spiro atoms. The summed E-state index contributed by atoms with van der Waals surface area (Å²) in [6.45, 7) is 0.381. The van der Waals surface area contributed by atoms with Gasteiger partial charge in [-0.15, -0.1) is 0 Å². The minimum atomic E-state index is -0.616. The van der Waals surface area contributed by atoms with Crippen molar-refractivity contribution < 1.29 is 13.9 Å². The quantitative estimate of drug-likeness (QED) is 0.576. The van der Waals surface area contributed by atoms with Crippen LogP contribution in [0.15, 0.2) is 61.3 Å². The number of para-hydroxylation sites is 1. The van der Waals surface area contributed by atoms with E-state index in [0.29, 0.717) is 17.5 Å². The van der Waals surface area contributed by atoms with E-state index in [9.17, 15) is 9.90 Å². The minimum absolute atomic E-state index is 0.0469. The number of furan rings is 1. The number of hydrogen-bond donors (Lipinski definition) is 1. The second-order valence-corrected chi connectivity index (χ2v) is 5.64. The second-order valence-electron chi connectivity index (χ2n) is 5.64. The molecule has 0 radical (unpaired) electrons. The number of nitrogens with zero attached hydrogens (tertiary/aromatic N) is 2. The van der Waals surface area contributed by atoms with Crippen molar-refractivity contribution in [1.82, 2.24) is 4.90 Å². The Balaban J connectivity index is 1.89. The van der Waals surface area contributed by atoms with Crippen LogP contribution in [-0.2, 0) is 0 Å². The molecule has 3 rings (SSSR count). The molecule has 1 unspecified atom stereocenters. The lowest BCUT2D eigenvalue weighted by Crippen LogP contribution is -2.22. The summed E-state index contributed by atoms with van der Waals surface area (Å²) in [5, 5.41) is 10.8. The number of aliphatic imine (C=N–C) groups is 1. The molecular formula is C18H18N2O4. The number of hydrogen-bond acceptors (Lipinski definition) is 6. The topological polar surface area (TPSA) is 79.2 Å². The summed E-state index contributed by atoms with van der Waals surface area (Å²) >= 11 is 0. The van der Waals surface area contributed by atoms with Crippen molar-refractivity contribution in [1.29, 1.82) is 0 Å². The van der Waals surface area contributed by atoms with Gasteiger partial charge in [-0.2, -0.15) is 0 Å². The first kappa shape index (κ1) is 16.0. The standard InChI is InChI=1S/C18H18N2O4/c1-20(2)14(16-8-5-9-23-16)11-19-10-13-17(21)12-6-3-4-7-15(12)24-18(13)22/h3-10,14,21H,11H2,1-2H3. The molecule has 6 heteroatoms. The van der Waals surface area contributed by atoms with Gasteiger partial charge in [0.1, 0.15) is 22.7 Å². The SMILES string of the molecule is CN(C)C(CN=Cc1c(O)c2ccccc2oc1=O)c1ccco1. The molecule has 3 aromatic rings. The Morgan fingerprint density at radius 3 is 2.75 bits per heavy atom. The zero-order valence-electron chi connectivity index (χ0n) is 13.5. The predicted octanol–water partition coefficient (Wildman–Crippen LogP) is 2.81. The van der Waals surface area contributed by atoms with Gasteiger partial charge in [-0.05, 0) is 38.4 Å². The van der Waals surface area contributed by atoms with Crippen molar-refractivity contribution >= 4 is 17.2 Å². The first-order chi connectivity index (χ1) is 11.6. The molecule has 0 saturated heterocycles. The molecule has 2 aromatic heterocycles. The third-order valence-corrected chi connectivity index (χ3v) is 3.81. The van der Waals surface area contributed by atoms with Gasteiger partial charge in [0, 0.05) is 6.21 Å². The molecule has 1 N–H and O–H groups in total. The Kier molecular flexibility index (Phi) is 4.48. The zero-order valence-corrected chi connectivity index (χ0v) is 13.5. The lowest BCUT2D eigenvalue weighted by atomic mass is 10.1. The molecule has 0 saturated carbocycles. The molecule has 1 atom stereocenters. The molecule has 2 heterocycles. The summed E-state index contributed by atoms with van der Waals surface area (Å²) < 4.78 is 10.6. The van der Waals surface area contributed by atoms with E-state index < -0.39 is 5.63 Å². The van der Waals surface area contributed by atoms with Gasteiger partial charge in [0.15, 0.2) is 0 Å². The third-order valence-electron chi connectivity index (χ3n) is 3.81. The van der Waals surface area contributed by atoms with Gasteiger partial charge in [0.2, 0.25) is 0 Å². The highest BCUT2D eigenvalue weighted by molar-refractivity contribution is 5.93. The molecule has 24 heavy (non-hydrogen) atoms. The smallest absolute Gasteiger partial charge is 0.348 e. The maximum Gasteiger partial charge on any atom is 0.348 e. The van der Waals surface area contributed by atoms with E-state index in [2.05, 4.69) is 4.99 Å². The van der Waals surface area contributed by atoms with Crippen molar-refractivity contribution in [2.75, 3.05) is 20.6 Å². The number of rotatable bonds is 5. The van der Waals surface area contributed by atoms with Crippen LogP contribution >= 0.6 is 0 Å². The summed E-state index contributed by atoms with van der Waals surface area (Å²) in [6, 6.07) is 10.5. The van der Waals surface area contributed by atoms with E-state index in [0.717, 1.165) is 5.76 Å². The molecule has 0 aliphatic heterocycles. The lowest BCUT2D eigenvalue weighted by Gasteiger charge is -2.20. The highest BCUT2D eigenvalue weighted by Crippen LogP contribution is 2.25. The molecule has 0 fully saturated rings. The fraction of sp³-hybridized carbons (Fsp3) is 0.222. The average molecular weight is 326 g/mol. The summed E-state index contributed by atoms with van der Waals surface area (Å²) in [6.07, 6.45) is 2.96. The number of aromatic hydroxyl groups is 1. The van der Waals surface area contributed by atoms with E-state index in [4.69, 9.17) is 8.83 Å². The maximum atomic E-state index is 12.0. The van der Waals surface area contributed by atoms with Crippen molar-refractivity contribution in [3.8, 4) is 5.75 Å². The average Bonchev–Trinajstić information content (AvgIpc) is 3.07. The molecule has 1 aromatic carbocycles. The summed E-state index contributed by atoms with van der Waals surface area (Å²) in [7, 11) is 3.84. The van der Waals surface area contributed by atoms with Gasteiger partial charge in [0.25, 0.3) is 0 Å². The highest BCUT2D eigenvalue weighted by Gasteiger charge is 2.16. The predicted molar refractivity (Wildman–Crippen MR) is 91.7 cm³/mol. The molecule has 0 aliphatic carbocycles. The lowest BCUT2D eigenvalue weighted by molar-refractivity contribution is 0.265. The van der Waals surface area contributed by atoms with E-state index in [1.54, 1.807) is 30.5 Å². The van der Waals surface area contributed by atoms with E-state index in [-0.39, 0.29) is 17.4 Å². The van der Waals surface area contributed by atoms with E-state index in [1.807, 2.05) is 31.1 Å². The number of likely N-dealkylation sites (N-methyl/N-ethyl adjacent to an activating group) is 1. The van der Waals surface area contributed by atoms with Crippen LogP contribution in [-0.4, -0.2) is 36.9 Å². The van der Waals surface area contributed by atoms with Crippen molar-refractivity contribution in [3.05, 3.63) is 64.4 Å². The molecule has 0 amide bonds. The Morgan fingerprint density at radius 2 is 2.04 bits per heavy atom. The molecule has 0 bridgehead atoms. The normalized spacial score (nSPS) is 13.1. The van der Waals surface area contributed by atoms with Crippen LogP contribution in [0.5, 0.6) is 5.75 Å². The second kappa shape index (κ2) is 6.72. The van der Waals surface area contributed by atoms with E-state index in [1.165, 1.54) is 6.21 Å². The maximum absolute atomic E-state index is 12.0. The highest BCUT2D eigenvalue weighted by atomic mass is 16.4. The minimum Gasteiger partial charge on any atom is -0.506 e. The molecular weight excluding hydrogens is 308 g/mol. The van der Waals surface area contributed by atoms with Gasteiger partial charge in [0.05, 0.1) is 24.2 Å².